The molecule has 1 atom stereocenters. The third-order valence-corrected chi connectivity index (χ3v) is 7.19. The summed E-state index contributed by atoms with van der Waals surface area (Å²) in [6, 6.07) is 12.0. The van der Waals surface area contributed by atoms with Crippen LogP contribution in [0.25, 0.3) is 0 Å². The van der Waals surface area contributed by atoms with E-state index in [1.165, 1.54) is 10.4 Å². The molecule has 2 aromatic carbocycles. The molecule has 30 heavy (non-hydrogen) atoms. The highest BCUT2D eigenvalue weighted by molar-refractivity contribution is 7.89. The molecule has 8 heteroatoms. The van der Waals surface area contributed by atoms with E-state index < -0.39 is 10.0 Å². The zero-order valence-corrected chi connectivity index (χ0v) is 18.4. The fraction of sp³-hybridized carbons (Fsp3) is 0.409. The van der Waals surface area contributed by atoms with Crippen molar-refractivity contribution in [3.05, 3.63) is 59.2 Å². The summed E-state index contributed by atoms with van der Waals surface area (Å²) in [6.45, 7) is 5.16. The number of amides is 1. The Hall–Kier alpha value is -2.42. The Morgan fingerprint density at radius 1 is 1.17 bits per heavy atom. The molecule has 0 saturated carbocycles. The average Bonchev–Trinajstić information content (AvgIpc) is 2.78. The van der Waals surface area contributed by atoms with Crippen molar-refractivity contribution >= 4 is 15.9 Å². The summed E-state index contributed by atoms with van der Waals surface area (Å²) in [4.78, 5) is 13.1. The molecule has 0 spiro atoms. The standard InChI is InChI=1S/C22H28N2O5S/c1-4-21(17-6-8-18(28-3)9-7-17)23-22(25)20-15-19(10-5-16(20)2)30(26,27)24-11-13-29-14-12-24/h5-10,15,21H,4,11-14H2,1-3H3,(H,23,25)/t21-/m1/s1. The molecule has 1 saturated heterocycles. The maximum atomic E-state index is 13.0. The molecule has 1 amide bonds. The summed E-state index contributed by atoms with van der Waals surface area (Å²) >= 11 is 0. The summed E-state index contributed by atoms with van der Waals surface area (Å²) < 4.78 is 37.8. The zero-order chi connectivity index (χ0) is 21.7. The van der Waals surface area contributed by atoms with Gasteiger partial charge in [-0.2, -0.15) is 4.31 Å². The van der Waals surface area contributed by atoms with Crippen LogP contribution >= 0.6 is 0 Å². The topological polar surface area (TPSA) is 84.9 Å². The second-order valence-electron chi connectivity index (χ2n) is 7.20. The summed E-state index contributed by atoms with van der Waals surface area (Å²) in [6.07, 6.45) is 0.697. The molecule has 1 N–H and O–H groups in total. The van der Waals surface area contributed by atoms with Crippen molar-refractivity contribution in [2.45, 2.75) is 31.2 Å². The van der Waals surface area contributed by atoms with E-state index in [1.807, 2.05) is 31.2 Å². The van der Waals surface area contributed by atoms with Gasteiger partial charge < -0.3 is 14.8 Å². The molecular weight excluding hydrogens is 404 g/mol. The predicted molar refractivity (Wildman–Crippen MR) is 114 cm³/mol. The van der Waals surface area contributed by atoms with E-state index in [2.05, 4.69) is 5.32 Å². The van der Waals surface area contributed by atoms with Crippen LogP contribution < -0.4 is 10.1 Å². The molecule has 162 valence electrons. The van der Waals surface area contributed by atoms with Gasteiger partial charge in [-0.1, -0.05) is 25.1 Å². The van der Waals surface area contributed by atoms with Crippen LogP contribution in [0.1, 0.15) is 40.9 Å². The minimum Gasteiger partial charge on any atom is -0.497 e. The van der Waals surface area contributed by atoms with Gasteiger partial charge in [0.05, 0.1) is 31.3 Å². The Balaban J connectivity index is 1.83. The van der Waals surface area contributed by atoms with E-state index in [1.54, 1.807) is 26.2 Å². The highest BCUT2D eigenvalue weighted by Gasteiger charge is 2.27. The van der Waals surface area contributed by atoms with Gasteiger partial charge in [-0.15, -0.1) is 0 Å². The first-order valence-electron chi connectivity index (χ1n) is 10.00. The van der Waals surface area contributed by atoms with Gasteiger partial charge in [-0.3, -0.25) is 4.79 Å². The number of benzene rings is 2. The van der Waals surface area contributed by atoms with Crippen LogP contribution in [0.3, 0.4) is 0 Å². The Labute approximate surface area is 178 Å². The number of rotatable bonds is 7. The number of carbonyl (C=O) groups excluding carboxylic acids is 1. The lowest BCUT2D eigenvalue weighted by Gasteiger charge is -2.26. The molecule has 1 aliphatic rings. The highest BCUT2D eigenvalue weighted by atomic mass is 32.2. The number of hydrogen-bond acceptors (Lipinski definition) is 5. The lowest BCUT2D eigenvalue weighted by atomic mass is 10.0. The number of nitrogens with zero attached hydrogens (tertiary/aromatic N) is 1. The molecule has 0 bridgehead atoms. The SMILES string of the molecule is CC[C@@H](NC(=O)c1cc(S(=O)(=O)N2CCOCC2)ccc1C)c1ccc(OC)cc1. The van der Waals surface area contributed by atoms with Crippen molar-refractivity contribution in [3.63, 3.8) is 0 Å². The Morgan fingerprint density at radius 3 is 2.43 bits per heavy atom. The van der Waals surface area contributed by atoms with Crippen LogP contribution in [-0.2, 0) is 14.8 Å². The lowest BCUT2D eigenvalue weighted by Crippen LogP contribution is -2.40. The van der Waals surface area contributed by atoms with Gasteiger partial charge in [0, 0.05) is 18.7 Å². The Kier molecular flexibility index (Phi) is 7.12. The van der Waals surface area contributed by atoms with E-state index in [-0.39, 0.29) is 16.8 Å². The average molecular weight is 433 g/mol. The number of nitrogens with one attached hydrogen (secondary N) is 1. The lowest BCUT2D eigenvalue weighted by molar-refractivity contribution is 0.0730. The molecule has 7 nitrogen and oxygen atoms in total. The fourth-order valence-electron chi connectivity index (χ4n) is 3.44. The molecule has 1 heterocycles. The van der Waals surface area contributed by atoms with Crippen LogP contribution in [-0.4, -0.2) is 52.0 Å². The van der Waals surface area contributed by atoms with E-state index >= 15 is 0 Å². The van der Waals surface area contributed by atoms with Gasteiger partial charge in [0.15, 0.2) is 0 Å². The fourth-order valence-corrected chi connectivity index (χ4v) is 4.87. The van der Waals surface area contributed by atoms with Crippen LogP contribution in [0.5, 0.6) is 5.75 Å². The number of methoxy groups -OCH3 is 1. The zero-order valence-electron chi connectivity index (χ0n) is 17.6. The maximum absolute atomic E-state index is 13.0. The number of hydrogen-bond donors (Lipinski definition) is 1. The van der Waals surface area contributed by atoms with Crippen LogP contribution in [0.4, 0.5) is 0 Å². The number of aryl methyl sites for hydroxylation is 1. The van der Waals surface area contributed by atoms with Crippen LogP contribution in [0.2, 0.25) is 0 Å². The first-order chi connectivity index (χ1) is 14.4. The summed E-state index contributed by atoms with van der Waals surface area (Å²) in [5, 5.41) is 3.03. The highest BCUT2D eigenvalue weighted by Crippen LogP contribution is 2.23. The van der Waals surface area contributed by atoms with Crippen molar-refractivity contribution in [2.24, 2.45) is 0 Å². The van der Waals surface area contributed by atoms with E-state index in [0.29, 0.717) is 38.3 Å². The van der Waals surface area contributed by atoms with Crippen molar-refractivity contribution in [1.29, 1.82) is 0 Å². The molecular formula is C22H28N2O5S. The van der Waals surface area contributed by atoms with Crippen molar-refractivity contribution in [1.82, 2.24) is 9.62 Å². The molecule has 1 fully saturated rings. The monoisotopic (exact) mass is 432 g/mol. The first-order valence-corrected chi connectivity index (χ1v) is 11.4. The van der Waals surface area contributed by atoms with Gasteiger partial charge in [0.25, 0.3) is 5.91 Å². The summed E-state index contributed by atoms with van der Waals surface area (Å²) in [5.74, 6) is 0.450. The number of morpholine rings is 1. The van der Waals surface area contributed by atoms with E-state index in [0.717, 1.165) is 16.9 Å². The van der Waals surface area contributed by atoms with Gasteiger partial charge in [-0.25, -0.2) is 8.42 Å². The summed E-state index contributed by atoms with van der Waals surface area (Å²) in [7, 11) is -2.06. The number of carbonyl (C=O) groups is 1. The van der Waals surface area contributed by atoms with Crippen molar-refractivity contribution < 1.29 is 22.7 Å². The van der Waals surface area contributed by atoms with Crippen LogP contribution in [0, 0.1) is 6.92 Å². The number of sulfonamides is 1. The summed E-state index contributed by atoms with van der Waals surface area (Å²) in [5.41, 5.74) is 2.04. The van der Waals surface area contributed by atoms with Gasteiger partial charge >= 0.3 is 0 Å². The molecule has 1 aliphatic heterocycles. The van der Waals surface area contributed by atoms with Crippen molar-refractivity contribution in [2.75, 3.05) is 33.4 Å². The van der Waals surface area contributed by atoms with Gasteiger partial charge in [-0.05, 0) is 48.7 Å². The van der Waals surface area contributed by atoms with Crippen LogP contribution in [0.15, 0.2) is 47.4 Å². The quantitative estimate of drug-likeness (QED) is 0.727. The largest absolute Gasteiger partial charge is 0.497 e. The van der Waals surface area contributed by atoms with E-state index in [4.69, 9.17) is 9.47 Å². The normalized spacial score (nSPS) is 16.1. The predicted octanol–water partition coefficient (Wildman–Crippen LogP) is 2.91. The first kappa shape index (κ1) is 22.3. The maximum Gasteiger partial charge on any atom is 0.252 e. The molecule has 0 aliphatic carbocycles. The molecule has 0 unspecified atom stereocenters. The minimum atomic E-state index is -3.67. The third kappa shape index (κ3) is 4.83. The molecule has 2 aromatic rings. The molecule has 3 rings (SSSR count). The van der Waals surface area contributed by atoms with E-state index in [9.17, 15) is 13.2 Å². The molecule has 0 aromatic heterocycles. The van der Waals surface area contributed by atoms with Gasteiger partial charge in [0.1, 0.15) is 5.75 Å². The smallest absolute Gasteiger partial charge is 0.252 e. The minimum absolute atomic E-state index is 0.123. The van der Waals surface area contributed by atoms with Gasteiger partial charge in [0.2, 0.25) is 10.0 Å². The second kappa shape index (κ2) is 9.59. The van der Waals surface area contributed by atoms with Crippen molar-refractivity contribution in [3.8, 4) is 5.75 Å². The molecule has 0 radical (unpaired) electrons. The third-order valence-electron chi connectivity index (χ3n) is 5.29. The second-order valence-corrected chi connectivity index (χ2v) is 9.14. The number of ether oxygens (including phenoxy) is 2. The Morgan fingerprint density at radius 2 is 1.83 bits per heavy atom. The Bertz CT molecular complexity index is 983.